The zero-order valence-electron chi connectivity index (χ0n) is 16.8. The van der Waals surface area contributed by atoms with Crippen molar-refractivity contribution in [2.75, 3.05) is 31.2 Å². The van der Waals surface area contributed by atoms with E-state index in [1.165, 1.54) is 6.07 Å². The molecule has 3 aromatic rings. The molecule has 0 bridgehead atoms. The summed E-state index contributed by atoms with van der Waals surface area (Å²) in [6, 6.07) is 5.95. The third-order valence-electron chi connectivity index (χ3n) is 6.57. The Morgan fingerprint density at radius 3 is 2.81 bits per heavy atom. The van der Waals surface area contributed by atoms with Gasteiger partial charge in [-0.3, -0.25) is 5.10 Å². The van der Waals surface area contributed by atoms with Gasteiger partial charge < -0.3 is 15.4 Å². The SMILES string of the molecule is NC1CCN(c2ccc(C(F)(F)F)c(-c3[nH]nc4ncccc34)n2)CC12CCOCC2.[HH].[HH]. The predicted molar refractivity (Wildman–Crippen MR) is 114 cm³/mol. The number of ether oxygens (including phenoxy) is 1. The summed E-state index contributed by atoms with van der Waals surface area (Å²) in [6.07, 6.45) is -0.558. The van der Waals surface area contributed by atoms with Gasteiger partial charge in [-0.05, 0) is 43.5 Å². The normalized spacial score (nSPS) is 21.7. The van der Waals surface area contributed by atoms with Crippen LogP contribution in [0.2, 0.25) is 0 Å². The second kappa shape index (κ2) is 7.45. The summed E-state index contributed by atoms with van der Waals surface area (Å²) in [5.41, 5.74) is 5.95. The van der Waals surface area contributed by atoms with Gasteiger partial charge in [0, 0.05) is 52.2 Å². The topological polar surface area (TPSA) is 93.0 Å². The van der Waals surface area contributed by atoms with Crippen LogP contribution in [0.3, 0.4) is 0 Å². The first kappa shape index (κ1) is 20.2. The fourth-order valence-electron chi connectivity index (χ4n) is 4.75. The third kappa shape index (κ3) is 3.53. The highest BCUT2D eigenvalue weighted by Gasteiger charge is 2.43. The Balaban J connectivity index is 0.00000153. The molecule has 0 radical (unpaired) electrons. The molecular formula is C21H27F3N6O. The Morgan fingerprint density at radius 2 is 2.03 bits per heavy atom. The molecule has 7 nitrogen and oxygen atoms in total. The van der Waals surface area contributed by atoms with Crippen molar-refractivity contribution in [1.29, 1.82) is 0 Å². The van der Waals surface area contributed by atoms with Gasteiger partial charge in [-0.15, -0.1) is 0 Å². The molecule has 5 heterocycles. The number of alkyl halides is 3. The van der Waals surface area contributed by atoms with Crippen molar-refractivity contribution in [3.63, 3.8) is 0 Å². The van der Waals surface area contributed by atoms with Crippen molar-refractivity contribution < 1.29 is 20.8 Å². The Kier molecular flexibility index (Phi) is 4.86. The molecule has 2 fully saturated rings. The minimum Gasteiger partial charge on any atom is -0.381 e. The van der Waals surface area contributed by atoms with Crippen molar-refractivity contribution >= 4 is 16.9 Å². The van der Waals surface area contributed by atoms with Crippen LogP contribution < -0.4 is 10.6 Å². The molecule has 3 aromatic heterocycles. The van der Waals surface area contributed by atoms with Gasteiger partial charge in [0.1, 0.15) is 11.5 Å². The smallest absolute Gasteiger partial charge is 0.381 e. The zero-order valence-corrected chi connectivity index (χ0v) is 16.8. The van der Waals surface area contributed by atoms with Gasteiger partial charge in [-0.1, -0.05) is 0 Å². The number of nitrogens with one attached hydrogen (secondary N) is 1. The van der Waals surface area contributed by atoms with E-state index >= 15 is 0 Å². The summed E-state index contributed by atoms with van der Waals surface area (Å²) < 4.78 is 47.0. The highest BCUT2D eigenvalue weighted by molar-refractivity contribution is 5.90. The first-order valence-electron chi connectivity index (χ1n) is 10.3. The number of nitrogens with zero attached hydrogens (tertiary/aromatic N) is 4. The summed E-state index contributed by atoms with van der Waals surface area (Å²) in [7, 11) is 0. The van der Waals surface area contributed by atoms with E-state index in [0.29, 0.717) is 43.2 Å². The first-order valence-corrected chi connectivity index (χ1v) is 10.3. The molecular weight excluding hydrogens is 409 g/mol. The maximum Gasteiger partial charge on any atom is 0.418 e. The van der Waals surface area contributed by atoms with Crippen LogP contribution in [-0.4, -0.2) is 52.5 Å². The molecule has 168 valence electrons. The van der Waals surface area contributed by atoms with E-state index in [9.17, 15) is 13.2 Å². The van der Waals surface area contributed by atoms with Crippen LogP contribution in [0.4, 0.5) is 19.0 Å². The van der Waals surface area contributed by atoms with Gasteiger partial charge in [-0.25, -0.2) is 9.97 Å². The molecule has 2 aliphatic heterocycles. The molecule has 0 aliphatic carbocycles. The number of anilines is 1. The molecule has 1 unspecified atom stereocenters. The highest BCUT2D eigenvalue weighted by Crippen LogP contribution is 2.42. The van der Waals surface area contributed by atoms with Crippen molar-refractivity contribution in [2.24, 2.45) is 11.1 Å². The lowest BCUT2D eigenvalue weighted by atomic mass is 9.70. The van der Waals surface area contributed by atoms with Crippen molar-refractivity contribution in [3.05, 3.63) is 36.0 Å². The summed E-state index contributed by atoms with van der Waals surface area (Å²) in [4.78, 5) is 10.7. The number of hydrogen-bond acceptors (Lipinski definition) is 6. The van der Waals surface area contributed by atoms with Crippen molar-refractivity contribution in [2.45, 2.75) is 31.5 Å². The van der Waals surface area contributed by atoms with Crippen LogP contribution in [0.15, 0.2) is 30.5 Å². The largest absolute Gasteiger partial charge is 0.418 e. The lowest BCUT2D eigenvalue weighted by Crippen LogP contribution is -2.57. The van der Waals surface area contributed by atoms with Crippen LogP contribution in [0, 0.1) is 5.41 Å². The van der Waals surface area contributed by atoms with Crippen LogP contribution >= 0.6 is 0 Å². The van der Waals surface area contributed by atoms with Gasteiger partial charge in [-0.2, -0.15) is 18.3 Å². The fourth-order valence-corrected chi connectivity index (χ4v) is 4.75. The van der Waals surface area contributed by atoms with Crippen LogP contribution in [0.1, 0.15) is 27.7 Å². The number of piperidine rings is 1. The Morgan fingerprint density at radius 1 is 1.23 bits per heavy atom. The molecule has 0 aromatic carbocycles. The Labute approximate surface area is 179 Å². The average molecular weight is 436 g/mol. The van der Waals surface area contributed by atoms with Gasteiger partial charge in [0.05, 0.1) is 11.3 Å². The Hall–Kier alpha value is -2.72. The molecule has 2 saturated heterocycles. The average Bonchev–Trinajstić information content (AvgIpc) is 3.19. The molecule has 10 heteroatoms. The highest BCUT2D eigenvalue weighted by atomic mass is 19.4. The lowest BCUT2D eigenvalue weighted by molar-refractivity contribution is -0.137. The van der Waals surface area contributed by atoms with E-state index in [1.807, 2.05) is 0 Å². The minimum absolute atomic E-state index is 0. The molecule has 0 amide bonds. The second-order valence-corrected chi connectivity index (χ2v) is 8.33. The second-order valence-electron chi connectivity index (χ2n) is 8.33. The summed E-state index contributed by atoms with van der Waals surface area (Å²) in [6.45, 7) is 2.61. The molecule has 5 rings (SSSR count). The van der Waals surface area contributed by atoms with Gasteiger partial charge in [0.15, 0.2) is 5.65 Å². The molecule has 1 atom stereocenters. The summed E-state index contributed by atoms with van der Waals surface area (Å²) in [5, 5.41) is 7.26. The Bertz CT molecular complexity index is 1100. The van der Waals surface area contributed by atoms with Crippen LogP contribution in [0.5, 0.6) is 0 Å². The minimum atomic E-state index is -4.55. The number of nitrogens with two attached hydrogens (primary N) is 1. The quantitative estimate of drug-likeness (QED) is 0.634. The summed E-state index contributed by atoms with van der Waals surface area (Å²) in [5.74, 6) is 0.507. The summed E-state index contributed by atoms with van der Waals surface area (Å²) >= 11 is 0. The standard InChI is InChI=1S/C21H23F3N6O.2H2/c22-21(23,24)14-3-4-16(27-18(14)17-13-2-1-8-26-19(13)29-28-17)30-9-5-15(25)20(12-30)6-10-31-11-7-20;;/h1-4,8,15H,5-7,9-12,25H2,(H,26,28,29);2*1H. The maximum atomic E-state index is 13.8. The molecule has 3 N–H and O–H groups in total. The molecule has 1 spiro atoms. The number of hydrogen-bond donors (Lipinski definition) is 2. The first-order chi connectivity index (χ1) is 14.9. The van der Waals surface area contributed by atoms with E-state index < -0.39 is 11.7 Å². The maximum absolute atomic E-state index is 13.8. The predicted octanol–water partition coefficient (Wildman–Crippen LogP) is 3.86. The third-order valence-corrected chi connectivity index (χ3v) is 6.57. The number of fused-ring (bicyclic) bond motifs is 1. The van der Waals surface area contributed by atoms with Gasteiger partial charge >= 0.3 is 6.18 Å². The van der Waals surface area contributed by atoms with Crippen molar-refractivity contribution in [3.8, 4) is 11.4 Å². The van der Waals surface area contributed by atoms with Crippen LogP contribution in [0.25, 0.3) is 22.4 Å². The number of aromatic amines is 1. The van der Waals surface area contributed by atoms with E-state index in [2.05, 4.69) is 25.1 Å². The van der Waals surface area contributed by atoms with Crippen LogP contribution in [-0.2, 0) is 10.9 Å². The fraction of sp³-hybridized carbons (Fsp3) is 0.476. The van der Waals surface area contributed by atoms with Gasteiger partial charge in [0.25, 0.3) is 0 Å². The van der Waals surface area contributed by atoms with E-state index in [-0.39, 0.29) is 25.7 Å². The number of rotatable bonds is 2. The number of pyridine rings is 2. The van der Waals surface area contributed by atoms with Crippen molar-refractivity contribution in [1.82, 2.24) is 20.2 Å². The zero-order chi connectivity index (χ0) is 21.6. The van der Waals surface area contributed by atoms with E-state index in [4.69, 9.17) is 10.5 Å². The number of H-pyrrole nitrogens is 1. The monoisotopic (exact) mass is 436 g/mol. The van der Waals surface area contributed by atoms with E-state index in [0.717, 1.165) is 25.3 Å². The molecule has 0 saturated carbocycles. The molecule has 31 heavy (non-hydrogen) atoms. The van der Waals surface area contributed by atoms with E-state index in [1.54, 1.807) is 18.3 Å². The van der Waals surface area contributed by atoms with Gasteiger partial charge in [0.2, 0.25) is 0 Å². The lowest BCUT2D eigenvalue weighted by Gasteiger charge is -2.49. The number of halogens is 3. The number of aromatic nitrogens is 4. The molecule has 2 aliphatic rings.